The molecule has 178 valence electrons. The molecule has 2 saturated carbocycles. The standard InChI is InChI=1S/C24H26N4O4S2/c1-34(31,32)28-7-6-16-19(13-33-20(16)12-28)22(29)25-15-10-24(11-15)8-14(9-24)21-17-4-2-3-5-18(17)23(30)27-26-21/h2-5,13-15H,6-12H2,1H3,(H,25,29)(H,27,30)/t14-,15-,24?. The molecule has 0 unspecified atom stereocenters. The number of thiophene rings is 1. The lowest BCUT2D eigenvalue weighted by Gasteiger charge is -2.57. The first-order valence-corrected chi connectivity index (χ1v) is 14.3. The summed E-state index contributed by atoms with van der Waals surface area (Å²) in [4.78, 5) is 26.0. The minimum Gasteiger partial charge on any atom is -0.349 e. The molecule has 6 rings (SSSR count). The summed E-state index contributed by atoms with van der Waals surface area (Å²) in [5.41, 5.74) is 2.77. The third-order valence-corrected chi connectivity index (χ3v) is 10.1. The molecule has 1 spiro atoms. The van der Waals surface area contributed by atoms with Crippen LogP contribution in [0.1, 0.15) is 58.1 Å². The van der Waals surface area contributed by atoms with Crippen molar-refractivity contribution >= 4 is 38.0 Å². The minimum atomic E-state index is -3.22. The largest absolute Gasteiger partial charge is 0.349 e. The zero-order valence-corrected chi connectivity index (χ0v) is 20.5. The Morgan fingerprint density at radius 2 is 1.94 bits per heavy atom. The summed E-state index contributed by atoms with van der Waals surface area (Å²) in [5, 5.41) is 13.7. The molecule has 2 aliphatic carbocycles. The van der Waals surface area contributed by atoms with Gasteiger partial charge in [-0.25, -0.2) is 13.5 Å². The van der Waals surface area contributed by atoms with Gasteiger partial charge in [-0.1, -0.05) is 18.2 Å². The molecule has 0 atom stereocenters. The number of hydrogen-bond acceptors (Lipinski definition) is 6. The smallest absolute Gasteiger partial charge is 0.272 e. The van der Waals surface area contributed by atoms with Crippen molar-refractivity contribution < 1.29 is 13.2 Å². The summed E-state index contributed by atoms with van der Waals surface area (Å²) < 4.78 is 25.2. The van der Waals surface area contributed by atoms with Gasteiger partial charge < -0.3 is 5.32 Å². The monoisotopic (exact) mass is 498 g/mol. The van der Waals surface area contributed by atoms with Gasteiger partial charge in [0.15, 0.2) is 0 Å². The van der Waals surface area contributed by atoms with Gasteiger partial charge in [0, 0.05) is 40.7 Å². The van der Waals surface area contributed by atoms with E-state index in [1.807, 2.05) is 29.6 Å². The van der Waals surface area contributed by atoms with Crippen LogP contribution in [0.25, 0.3) is 10.8 Å². The van der Waals surface area contributed by atoms with E-state index in [4.69, 9.17) is 0 Å². The molecule has 10 heteroatoms. The second-order valence-electron chi connectivity index (χ2n) is 10.1. The summed E-state index contributed by atoms with van der Waals surface area (Å²) in [5.74, 6) is 0.286. The maximum atomic E-state index is 13.0. The number of sulfonamides is 1. The number of fused-ring (bicyclic) bond motifs is 2. The molecule has 1 amide bonds. The molecular weight excluding hydrogens is 472 g/mol. The van der Waals surface area contributed by atoms with Crippen molar-refractivity contribution in [1.82, 2.24) is 19.8 Å². The second kappa shape index (κ2) is 7.73. The Hall–Kier alpha value is -2.56. The van der Waals surface area contributed by atoms with Gasteiger partial charge in [-0.3, -0.25) is 9.59 Å². The highest BCUT2D eigenvalue weighted by atomic mass is 32.2. The highest BCUT2D eigenvalue weighted by Crippen LogP contribution is 2.62. The fourth-order valence-corrected chi connectivity index (χ4v) is 8.05. The van der Waals surface area contributed by atoms with Crippen molar-refractivity contribution in [2.75, 3.05) is 12.8 Å². The van der Waals surface area contributed by atoms with E-state index in [0.717, 1.165) is 47.2 Å². The summed E-state index contributed by atoms with van der Waals surface area (Å²) >= 11 is 1.47. The lowest BCUT2D eigenvalue weighted by molar-refractivity contribution is -0.0196. The Balaban J connectivity index is 1.08. The van der Waals surface area contributed by atoms with Gasteiger partial charge >= 0.3 is 0 Å². The second-order valence-corrected chi connectivity index (χ2v) is 13.0. The number of benzene rings is 1. The molecule has 3 aromatic rings. The van der Waals surface area contributed by atoms with Gasteiger partial charge in [0.2, 0.25) is 10.0 Å². The molecule has 1 aliphatic heterocycles. The van der Waals surface area contributed by atoms with Crippen molar-refractivity contribution in [3.8, 4) is 0 Å². The molecule has 2 aromatic heterocycles. The summed E-state index contributed by atoms with van der Waals surface area (Å²) in [7, 11) is -3.22. The summed E-state index contributed by atoms with van der Waals surface area (Å²) in [6, 6.07) is 7.79. The van der Waals surface area contributed by atoms with Crippen LogP contribution in [-0.4, -0.2) is 47.7 Å². The SMILES string of the molecule is CS(=O)(=O)N1CCc2c(C(=O)N[C@H]3CC4(C3)C[C@H](c3n[nH]c(=O)c5ccccc53)C4)csc2C1. The average Bonchev–Trinajstić information content (AvgIpc) is 3.18. The van der Waals surface area contributed by atoms with Gasteiger partial charge in [-0.05, 0) is 49.1 Å². The number of H-pyrrole nitrogens is 1. The van der Waals surface area contributed by atoms with Gasteiger partial charge in [-0.2, -0.15) is 9.40 Å². The van der Waals surface area contributed by atoms with Crippen molar-refractivity contribution in [1.29, 1.82) is 0 Å². The highest BCUT2D eigenvalue weighted by molar-refractivity contribution is 7.88. The van der Waals surface area contributed by atoms with E-state index in [2.05, 4.69) is 15.5 Å². The number of carbonyl (C=O) groups excluding carboxylic acids is 1. The van der Waals surface area contributed by atoms with E-state index >= 15 is 0 Å². The van der Waals surface area contributed by atoms with Crippen LogP contribution in [0.3, 0.4) is 0 Å². The first-order valence-electron chi connectivity index (χ1n) is 11.5. The van der Waals surface area contributed by atoms with Crippen LogP contribution in [0.15, 0.2) is 34.4 Å². The van der Waals surface area contributed by atoms with Crippen LogP contribution in [0, 0.1) is 5.41 Å². The number of aromatic amines is 1. The Labute approximate surface area is 201 Å². The van der Waals surface area contributed by atoms with Crippen LogP contribution in [0.2, 0.25) is 0 Å². The van der Waals surface area contributed by atoms with Crippen LogP contribution in [0.5, 0.6) is 0 Å². The molecule has 2 N–H and O–H groups in total. The van der Waals surface area contributed by atoms with Gasteiger partial charge in [0.05, 0.1) is 22.9 Å². The molecule has 8 nitrogen and oxygen atoms in total. The summed E-state index contributed by atoms with van der Waals surface area (Å²) in [6.45, 7) is 0.776. The van der Waals surface area contributed by atoms with Crippen molar-refractivity contribution in [3.05, 3.63) is 61.7 Å². The number of carbonyl (C=O) groups is 1. The number of nitrogens with zero attached hydrogens (tertiary/aromatic N) is 2. The molecular formula is C24H26N4O4S2. The molecule has 0 saturated heterocycles. The normalized spacial score (nSPS) is 26.6. The lowest BCUT2D eigenvalue weighted by Crippen LogP contribution is -2.55. The average molecular weight is 499 g/mol. The van der Waals surface area contributed by atoms with Crippen LogP contribution in [0.4, 0.5) is 0 Å². The van der Waals surface area contributed by atoms with E-state index in [-0.39, 0.29) is 22.9 Å². The van der Waals surface area contributed by atoms with E-state index in [1.165, 1.54) is 21.9 Å². The number of aromatic nitrogens is 2. The molecule has 0 bridgehead atoms. The zero-order chi connectivity index (χ0) is 23.7. The van der Waals surface area contributed by atoms with E-state index in [9.17, 15) is 18.0 Å². The molecule has 3 heterocycles. The Bertz CT molecular complexity index is 1460. The highest BCUT2D eigenvalue weighted by Gasteiger charge is 2.54. The van der Waals surface area contributed by atoms with Gasteiger partial charge in [-0.15, -0.1) is 11.3 Å². The van der Waals surface area contributed by atoms with E-state index in [0.29, 0.717) is 36.4 Å². The third kappa shape index (κ3) is 3.59. The van der Waals surface area contributed by atoms with Crippen molar-refractivity contribution in [2.24, 2.45) is 5.41 Å². The fraction of sp³-hybridized carbons (Fsp3) is 0.458. The number of nitrogens with one attached hydrogen (secondary N) is 2. The van der Waals surface area contributed by atoms with Gasteiger partial charge in [0.25, 0.3) is 11.5 Å². The molecule has 34 heavy (non-hydrogen) atoms. The first kappa shape index (κ1) is 21.9. The number of rotatable bonds is 4. The van der Waals surface area contributed by atoms with Crippen molar-refractivity contribution in [3.63, 3.8) is 0 Å². The Morgan fingerprint density at radius 1 is 1.21 bits per heavy atom. The molecule has 1 aromatic carbocycles. The topological polar surface area (TPSA) is 112 Å². The minimum absolute atomic E-state index is 0.0469. The maximum Gasteiger partial charge on any atom is 0.272 e. The predicted molar refractivity (Wildman–Crippen MR) is 131 cm³/mol. The molecule has 3 aliphatic rings. The van der Waals surface area contributed by atoms with Crippen LogP contribution in [-0.2, 0) is 23.0 Å². The quantitative estimate of drug-likeness (QED) is 0.575. The Morgan fingerprint density at radius 3 is 2.68 bits per heavy atom. The van der Waals surface area contributed by atoms with Crippen LogP contribution >= 0.6 is 11.3 Å². The maximum absolute atomic E-state index is 13.0. The predicted octanol–water partition coefficient (Wildman–Crippen LogP) is 2.76. The van der Waals surface area contributed by atoms with E-state index < -0.39 is 10.0 Å². The summed E-state index contributed by atoms with van der Waals surface area (Å²) in [6.07, 6.45) is 5.78. The van der Waals surface area contributed by atoms with E-state index in [1.54, 1.807) is 0 Å². The van der Waals surface area contributed by atoms with Gasteiger partial charge in [0.1, 0.15) is 0 Å². The van der Waals surface area contributed by atoms with Crippen molar-refractivity contribution in [2.45, 2.75) is 50.6 Å². The lowest BCUT2D eigenvalue weighted by atomic mass is 9.49. The third-order valence-electron chi connectivity index (χ3n) is 7.79. The number of hydrogen-bond donors (Lipinski definition) is 2. The zero-order valence-electron chi connectivity index (χ0n) is 18.8. The molecule has 2 fully saturated rings. The Kier molecular flexibility index (Phi) is 4.98. The first-order chi connectivity index (χ1) is 16.2. The number of amides is 1. The molecule has 0 radical (unpaired) electrons. The van der Waals surface area contributed by atoms with Crippen LogP contribution < -0.4 is 10.9 Å². The fourth-order valence-electron chi connectivity index (χ4n) is 6.09.